The van der Waals surface area contributed by atoms with Gasteiger partial charge < -0.3 is 5.11 Å². The molecule has 3 aromatic rings. The van der Waals surface area contributed by atoms with E-state index >= 15 is 0 Å². The fourth-order valence-corrected chi connectivity index (χ4v) is 2.86. The van der Waals surface area contributed by atoms with Crippen LogP contribution in [0.5, 0.6) is 5.75 Å². The van der Waals surface area contributed by atoms with E-state index in [1.165, 1.54) is 30.5 Å². The minimum absolute atomic E-state index is 0.0298. The standard InChI is InChI=1S/C19H10F2N2O2/c20-13-9-12(14-3-1-2-8-22-14)16-15(10-4-6-11(24)7-5-10)19(25)23-18(16)17(13)21/h1-9,24H. The molecule has 2 heterocycles. The lowest BCUT2D eigenvalue weighted by atomic mass is 9.98. The van der Waals surface area contributed by atoms with Crippen molar-refractivity contribution in [2.45, 2.75) is 0 Å². The monoisotopic (exact) mass is 336 g/mol. The number of nitrogens with zero attached hydrogens (tertiary/aromatic N) is 2. The third-order valence-corrected chi connectivity index (χ3v) is 3.97. The average molecular weight is 336 g/mol. The smallest absolute Gasteiger partial charge is 0.278 e. The molecule has 0 unspecified atom stereocenters. The predicted octanol–water partition coefficient (Wildman–Crippen LogP) is 2.09. The van der Waals surface area contributed by atoms with Gasteiger partial charge in [0.05, 0.1) is 11.3 Å². The number of benzene rings is 2. The minimum atomic E-state index is -1.17. The normalized spacial score (nSPS) is 12.9. The van der Waals surface area contributed by atoms with Crippen LogP contribution in [0, 0.1) is 11.6 Å². The summed E-state index contributed by atoms with van der Waals surface area (Å²) in [6.45, 7) is 0. The number of aromatic hydroxyl groups is 1. The fourth-order valence-electron chi connectivity index (χ4n) is 2.86. The van der Waals surface area contributed by atoms with Crippen molar-refractivity contribution in [1.82, 2.24) is 4.98 Å². The van der Waals surface area contributed by atoms with Gasteiger partial charge in [-0.2, -0.15) is 0 Å². The average Bonchev–Trinajstić information content (AvgIpc) is 2.97. The first-order valence-corrected chi connectivity index (χ1v) is 7.42. The molecule has 0 aliphatic carbocycles. The number of hydrogen-bond acceptors (Lipinski definition) is 3. The Balaban J connectivity index is 2.16. The molecule has 0 saturated carbocycles. The Morgan fingerprint density at radius 1 is 1.00 bits per heavy atom. The number of halogens is 2. The highest BCUT2D eigenvalue weighted by molar-refractivity contribution is 6.21. The van der Waals surface area contributed by atoms with E-state index in [2.05, 4.69) is 9.98 Å². The second-order valence-electron chi connectivity index (χ2n) is 5.50. The third kappa shape index (κ3) is 2.39. The Bertz CT molecular complexity index is 1120. The minimum Gasteiger partial charge on any atom is -0.508 e. The van der Waals surface area contributed by atoms with E-state index in [-0.39, 0.29) is 27.5 Å². The quantitative estimate of drug-likeness (QED) is 0.779. The van der Waals surface area contributed by atoms with Crippen LogP contribution in [0.3, 0.4) is 0 Å². The molecule has 2 aromatic carbocycles. The lowest BCUT2D eigenvalue weighted by Gasteiger charge is -2.06. The fraction of sp³-hybridized carbons (Fsp3) is 0. The first-order valence-electron chi connectivity index (χ1n) is 7.42. The van der Waals surface area contributed by atoms with Gasteiger partial charge in [0, 0.05) is 17.0 Å². The van der Waals surface area contributed by atoms with Crippen molar-refractivity contribution in [2.75, 3.05) is 0 Å². The highest BCUT2D eigenvalue weighted by Crippen LogP contribution is 2.22. The largest absolute Gasteiger partial charge is 0.508 e. The Kier molecular flexibility index (Phi) is 3.39. The van der Waals surface area contributed by atoms with Gasteiger partial charge in [-0.05, 0) is 35.9 Å². The van der Waals surface area contributed by atoms with Gasteiger partial charge in [0.15, 0.2) is 11.6 Å². The number of hydrogen-bond donors (Lipinski definition) is 1. The lowest BCUT2D eigenvalue weighted by Crippen LogP contribution is -2.31. The number of fused-ring (bicyclic) bond motifs is 1. The second kappa shape index (κ2) is 5.59. The summed E-state index contributed by atoms with van der Waals surface area (Å²) in [5, 5.41) is 9.31. The predicted molar refractivity (Wildman–Crippen MR) is 86.0 cm³/mol. The summed E-state index contributed by atoms with van der Waals surface area (Å²) >= 11 is 0. The molecule has 4 nitrogen and oxygen atoms in total. The molecule has 4 rings (SSSR count). The molecule has 0 fully saturated rings. The number of aromatic nitrogens is 1. The number of phenols is 1. The first kappa shape index (κ1) is 15.1. The molecular formula is C19H10F2N2O2. The van der Waals surface area contributed by atoms with Crippen molar-refractivity contribution < 1.29 is 18.7 Å². The molecule has 1 aromatic heterocycles. The Hall–Kier alpha value is -3.41. The van der Waals surface area contributed by atoms with E-state index < -0.39 is 17.5 Å². The highest BCUT2D eigenvalue weighted by atomic mass is 19.2. The van der Waals surface area contributed by atoms with Gasteiger partial charge in [0.25, 0.3) is 5.91 Å². The van der Waals surface area contributed by atoms with E-state index in [1.807, 2.05) is 0 Å². The maximum atomic E-state index is 14.2. The maximum Gasteiger partial charge on any atom is 0.278 e. The van der Waals surface area contributed by atoms with Crippen LogP contribution in [0.25, 0.3) is 16.8 Å². The molecule has 1 N–H and O–H groups in total. The number of pyridine rings is 1. The van der Waals surface area contributed by atoms with Crippen LogP contribution < -0.4 is 10.6 Å². The van der Waals surface area contributed by atoms with Gasteiger partial charge in [0.1, 0.15) is 11.1 Å². The topological polar surface area (TPSA) is 62.5 Å². The van der Waals surface area contributed by atoms with Crippen LogP contribution >= 0.6 is 0 Å². The van der Waals surface area contributed by atoms with Crippen molar-refractivity contribution in [2.24, 2.45) is 4.99 Å². The molecule has 122 valence electrons. The summed E-state index contributed by atoms with van der Waals surface area (Å²) in [6.07, 6.45) is 1.52. The maximum absolute atomic E-state index is 14.2. The number of amides is 1. The lowest BCUT2D eigenvalue weighted by molar-refractivity contribution is -0.112. The number of carbonyl (C=O) groups excluding carboxylic acids is 1. The zero-order valence-electron chi connectivity index (χ0n) is 12.7. The molecular weight excluding hydrogens is 326 g/mol. The third-order valence-electron chi connectivity index (χ3n) is 3.97. The van der Waals surface area contributed by atoms with E-state index in [4.69, 9.17) is 0 Å². The molecule has 0 saturated heterocycles. The van der Waals surface area contributed by atoms with Crippen LogP contribution in [-0.2, 0) is 4.79 Å². The molecule has 1 aliphatic heterocycles. The molecule has 1 aliphatic rings. The zero-order chi connectivity index (χ0) is 17.6. The molecule has 0 bridgehead atoms. The molecule has 0 atom stereocenters. The molecule has 25 heavy (non-hydrogen) atoms. The second-order valence-corrected chi connectivity index (χ2v) is 5.50. The van der Waals surface area contributed by atoms with E-state index in [0.29, 0.717) is 11.3 Å². The van der Waals surface area contributed by atoms with Crippen LogP contribution in [-0.4, -0.2) is 16.0 Å². The summed E-state index contributed by atoms with van der Waals surface area (Å²) in [5.74, 6) is -2.90. The molecule has 1 amide bonds. The highest BCUT2D eigenvalue weighted by Gasteiger charge is 2.25. The van der Waals surface area contributed by atoms with Crippen LogP contribution in [0.1, 0.15) is 5.56 Å². The van der Waals surface area contributed by atoms with Gasteiger partial charge in [-0.3, -0.25) is 9.78 Å². The number of rotatable bonds is 2. The summed E-state index contributed by atoms with van der Waals surface area (Å²) < 4.78 is 28.2. The van der Waals surface area contributed by atoms with Gasteiger partial charge >= 0.3 is 0 Å². The van der Waals surface area contributed by atoms with Crippen LogP contribution in [0.4, 0.5) is 8.78 Å². The summed E-state index contributed by atoms with van der Waals surface area (Å²) in [5.41, 5.74) is 1.29. The van der Waals surface area contributed by atoms with Gasteiger partial charge in [0.2, 0.25) is 0 Å². The Labute approximate surface area is 140 Å². The van der Waals surface area contributed by atoms with Gasteiger partial charge in [-0.15, -0.1) is 0 Å². The van der Waals surface area contributed by atoms with Crippen molar-refractivity contribution in [1.29, 1.82) is 0 Å². The van der Waals surface area contributed by atoms with Crippen molar-refractivity contribution in [3.8, 4) is 17.0 Å². The van der Waals surface area contributed by atoms with Crippen molar-refractivity contribution in [3.63, 3.8) is 0 Å². The summed E-state index contributed by atoms with van der Waals surface area (Å²) in [6, 6.07) is 11.9. The van der Waals surface area contributed by atoms with Crippen molar-refractivity contribution >= 4 is 11.5 Å². The first-order chi connectivity index (χ1) is 12.1. The van der Waals surface area contributed by atoms with Crippen LogP contribution in [0.2, 0.25) is 0 Å². The van der Waals surface area contributed by atoms with E-state index in [0.717, 1.165) is 6.07 Å². The molecule has 0 radical (unpaired) electrons. The van der Waals surface area contributed by atoms with Gasteiger partial charge in [-0.25, -0.2) is 13.8 Å². The Morgan fingerprint density at radius 2 is 1.76 bits per heavy atom. The Morgan fingerprint density at radius 3 is 2.44 bits per heavy atom. The van der Waals surface area contributed by atoms with Crippen molar-refractivity contribution in [3.05, 3.63) is 82.5 Å². The SMILES string of the molecule is O=C1N=c2c(F)c(F)cc(-c3ccccn3)c2=C1c1ccc(O)cc1. The number of carbonyl (C=O) groups is 1. The van der Waals surface area contributed by atoms with E-state index in [1.54, 1.807) is 18.2 Å². The van der Waals surface area contributed by atoms with Crippen LogP contribution in [0.15, 0.2) is 59.7 Å². The summed E-state index contributed by atoms with van der Waals surface area (Å²) in [4.78, 5) is 20.3. The summed E-state index contributed by atoms with van der Waals surface area (Å²) in [7, 11) is 0. The molecule has 6 heteroatoms. The zero-order valence-corrected chi connectivity index (χ0v) is 12.7. The van der Waals surface area contributed by atoms with E-state index in [9.17, 15) is 18.7 Å². The van der Waals surface area contributed by atoms with Gasteiger partial charge in [-0.1, -0.05) is 18.2 Å². The molecule has 0 spiro atoms. The number of phenolic OH excluding ortho intramolecular Hbond substituents is 1.